The van der Waals surface area contributed by atoms with Crippen LogP contribution in [0.25, 0.3) is 0 Å². The first-order valence-electron chi connectivity index (χ1n) is 13.5. The van der Waals surface area contributed by atoms with E-state index in [0.29, 0.717) is 6.42 Å². The van der Waals surface area contributed by atoms with Gasteiger partial charge in [0.2, 0.25) is 0 Å². The lowest BCUT2D eigenvalue weighted by molar-refractivity contribution is -0.0617. The van der Waals surface area contributed by atoms with Gasteiger partial charge < -0.3 is 14.6 Å². The Morgan fingerprint density at radius 2 is 1.42 bits per heavy atom. The van der Waals surface area contributed by atoms with Gasteiger partial charge in [0.1, 0.15) is 17.1 Å². The van der Waals surface area contributed by atoms with E-state index in [1.807, 2.05) is 0 Å². The number of hydrogen-bond acceptors (Lipinski definition) is 3. The normalized spacial score (nSPS) is 22.1. The van der Waals surface area contributed by atoms with Gasteiger partial charge in [0.05, 0.1) is 13.2 Å². The van der Waals surface area contributed by atoms with E-state index in [9.17, 15) is 5.11 Å². The Kier molecular flexibility index (Phi) is 10.6. The maximum Gasteiger partial charge on any atom is 0.132 e. The molecule has 0 unspecified atom stereocenters. The van der Waals surface area contributed by atoms with Crippen LogP contribution in [0.4, 0.5) is 0 Å². The molecule has 1 aromatic carbocycles. The van der Waals surface area contributed by atoms with Crippen molar-refractivity contribution in [2.75, 3.05) is 7.11 Å². The highest BCUT2D eigenvalue weighted by Gasteiger charge is 2.41. The Hall–Kier alpha value is -1.22. The second-order valence-corrected chi connectivity index (χ2v) is 11.7. The van der Waals surface area contributed by atoms with Gasteiger partial charge in [-0.1, -0.05) is 72.6 Å². The summed E-state index contributed by atoms with van der Waals surface area (Å²) < 4.78 is 12.2. The molecule has 3 heteroatoms. The van der Waals surface area contributed by atoms with Crippen molar-refractivity contribution in [3.8, 4) is 11.5 Å². The second-order valence-electron chi connectivity index (χ2n) is 11.7. The van der Waals surface area contributed by atoms with Gasteiger partial charge in [0, 0.05) is 12.0 Å². The van der Waals surface area contributed by atoms with Crippen LogP contribution in [0.2, 0.25) is 0 Å². The predicted molar refractivity (Wildman–Crippen MR) is 141 cm³/mol. The molecule has 0 bridgehead atoms. The summed E-state index contributed by atoms with van der Waals surface area (Å²) in [5.74, 6) is 4.32. The van der Waals surface area contributed by atoms with Gasteiger partial charge in [-0.2, -0.15) is 0 Å². The molecule has 4 atom stereocenters. The third-order valence-corrected chi connectivity index (χ3v) is 8.20. The highest BCUT2D eigenvalue weighted by molar-refractivity contribution is 5.59. The van der Waals surface area contributed by atoms with Gasteiger partial charge in [-0.3, -0.25) is 0 Å². The topological polar surface area (TPSA) is 38.7 Å². The molecular formula is C30H52O3. The van der Waals surface area contributed by atoms with Crippen LogP contribution >= 0.6 is 0 Å². The van der Waals surface area contributed by atoms with Gasteiger partial charge in [0.15, 0.2) is 0 Å². The summed E-state index contributed by atoms with van der Waals surface area (Å²) in [5, 5.41) is 11.0. The lowest BCUT2D eigenvalue weighted by Gasteiger charge is -2.42. The van der Waals surface area contributed by atoms with E-state index in [1.165, 1.54) is 44.9 Å². The van der Waals surface area contributed by atoms with Gasteiger partial charge >= 0.3 is 0 Å². The van der Waals surface area contributed by atoms with Gasteiger partial charge in [-0.25, -0.2) is 0 Å². The molecule has 0 fully saturated rings. The molecule has 0 aromatic heterocycles. The summed E-state index contributed by atoms with van der Waals surface area (Å²) in [5.41, 5.74) is 3.97. The van der Waals surface area contributed by atoms with Crippen molar-refractivity contribution in [3.05, 3.63) is 22.3 Å². The molecule has 0 saturated heterocycles. The zero-order valence-corrected chi connectivity index (χ0v) is 23.1. The first-order valence-corrected chi connectivity index (χ1v) is 13.5. The molecule has 1 N–H and O–H groups in total. The highest BCUT2D eigenvalue weighted by atomic mass is 16.5. The van der Waals surface area contributed by atoms with E-state index in [1.54, 1.807) is 7.11 Å². The maximum atomic E-state index is 11.0. The van der Waals surface area contributed by atoms with E-state index in [4.69, 9.17) is 9.47 Å². The van der Waals surface area contributed by atoms with Crippen LogP contribution < -0.4 is 9.47 Å². The quantitative estimate of drug-likeness (QED) is 0.323. The Labute approximate surface area is 204 Å². The molecule has 0 radical (unpaired) electrons. The molecule has 0 amide bonds. The molecule has 2 rings (SSSR count). The fourth-order valence-electron chi connectivity index (χ4n) is 5.55. The number of aliphatic hydroxyl groups excluding tert-OH is 1. The molecule has 1 aliphatic rings. The predicted octanol–water partition coefficient (Wildman–Crippen LogP) is 8.11. The number of methoxy groups -OCH3 is 1. The van der Waals surface area contributed by atoms with E-state index in [-0.39, 0.29) is 0 Å². The Morgan fingerprint density at radius 1 is 0.879 bits per heavy atom. The first kappa shape index (κ1) is 28.0. The number of benzene rings is 1. The van der Waals surface area contributed by atoms with Gasteiger partial charge in [-0.05, 0) is 75.0 Å². The minimum atomic E-state index is -0.518. The van der Waals surface area contributed by atoms with Crippen molar-refractivity contribution < 1.29 is 14.6 Å². The van der Waals surface area contributed by atoms with Crippen LogP contribution in [-0.2, 0) is 6.42 Å². The molecule has 1 aromatic rings. The van der Waals surface area contributed by atoms with Crippen LogP contribution in [0.15, 0.2) is 0 Å². The minimum Gasteiger partial charge on any atom is -0.496 e. The van der Waals surface area contributed by atoms with Crippen molar-refractivity contribution in [2.24, 2.45) is 17.8 Å². The molecule has 0 spiro atoms. The number of fused-ring (bicyclic) bond motifs is 1. The van der Waals surface area contributed by atoms with Gasteiger partial charge in [0.25, 0.3) is 0 Å². The summed E-state index contributed by atoms with van der Waals surface area (Å²) >= 11 is 0. The molecule has 1 heterocycles. The molecule has 33 heavy (non-hydrogen) atoms. The SMILES string of the molecule is COc1c(C)c(C)c2c(c1C)C[C@H](O)[C@@](C)(CCC[C@H](C)CCC[C@H](C)CCCC(C)C)O2. The van der Waals surface area contributed by atoms with Crippen LogP contribution in [0, 0.1) is 38.5 Å². The van der Waals surface area contributed by atoms with Gasteiger partial charge in [-0.15, -0.1) is 0 Å². The number of hydrogen-bond donors (Lipinski definition) is 1. The molecule has 1 aliphatic heterocycles. The number of rotatable bonds is 13. The average molecular weight is 461 g/mol. The summed E-state index contributed by atoms with van der Waals surface area (Å²) in [4.78, 5) is 0. The zero-order chi connectivity index (χ0) is 24.8. The average Bonchev–Trinajstić information content (AvgIpc) is 2.74. The lowest BCUT2D eigenvalue weighted by atomic mass is 9.81. The largest absolute Gasteiger partial charge is 0.496 e. The Morgan fingerprint density at radius 3 is 1.97 bits per heavy atom. The third-order valence-electron chi connectivity index (χ3n) is 8.20. The lowest BCUT2D eigenvalue weighted by Crippen LogP contribution is -2.49. The number of aliphatic hydroxyl groups is 1. The summed E-state index contributed by atoms with van der Waals surface area (Å²) in [6.45, 7) is 17.8. The summed E-state index contributed by atoms with van der Waals surface area (Å²) in [6.07, 6.45) is 11.5. The highest BCUT2D eigenvalue weighted by Crippen LogP contribution is 2.45. The van der Waals surface area contributed by atoms with Crippen molar-refractivity contribution in [3.63, 3.8) is 0 Å². The van der Waals surface area contributed by atoms with Crippen molar-refractivity contribution in [1.29, 1.82) is 0 Å². The van der Waals surface area contributed by atoms with Crippen LogP contribution in [0.5, 0.6) is 11.5 Å². The molecule has 0 aliphatic carbocycles. The number of ether oxygens (including phenoxy) is 2. The van der Waals surface area contributed by atoms with Crippen LogP contribution in [0.3, 0.4) is 0 Å². The van der Waals surface area contributed by atoms with Crippen molar-refractivity contribution >= 4 is 0 Å². The van der Waals surface area contributed by atoms with E-state index < -0.39 is 11.7 Å². The van der Waals surface area contributed by atoms with E-state index >= 15 is 0 Å². The summed E-state index contributed by atoms with van der Waals surface area (Å²) in [6, 6.07) is 0. The summed E-state index contributed by atoms with van der Waals surface area (Å²) in [7, 11) is 1.72. The molecular weight excluding hydrogens is 408 g/mol. The fraction of sp³-hybridized carbons (Fsp3) is 0.800. The van der Waals surface area contributed by atoms with Crippen molar-refractivity contribution in [2.45, 2.75) is 131 Å². The standard InChI is InChI=1S/C30H52O3/c1-20(2)13-10-14-21(3)15-11-16-22(4)17-12-18-30(8)27(31)19-26-25(7)28(32-9)23(5)24(6)29(26)33-30/h20-22,27,31H,10-19H2,1-9H3/t21-,22-,27+,30-/m1/s1. The Bertz CT molecular complexity index is 754. The fourth-order valence-corrected chi connectivity index (χ4v) is 5.55. The maximum absolute atomic E-state index is 11.0. The van der Waals surface area contributed by atoms with E-state index in [0.717, 1.165) is 64.3 Å². The molecule has 0 saturated carbocycles. The van der Waals surface area contributed by atoms with Crippen LogP contribution in [0.1, 0.15) is 115 Å². The first-order chi connectivity index (χ1) is 15.5. The van der Waals surface area contributed by atoms with Crippen molar-refractivity contribution in [1.82, 2.24) is 0 Å². The third kappa shape index (κ3) is 7.38. The van der Waals surface area contributed by atoms with Crippen LogP contribution in [-0.4, -0.2) is 23.9 Å². The zero-order valence-electron chi connectivity index (χ0n) is 23.1. The molecule has 3 nitrogen and oxygen atoms in total. The monoisotopic (exact) mass is 460 g/mol. The molecule has 190 valence electrons. The van der Waals surface area contributed by atoms with E-state index in [2.05, 4.69) is 55.4 Å². The Balaban J connectivity index is 1.83. The minimum absolute atomic E-state index is 0.488. The second kappa shape index (κ2) is 12.5. The smallest absolute Gasteiger partial charge is 0.132 e.